The van der Waals surface area contributed by atoms with Crippen LogP contribution in [0.3, 0.4) is 0 Å². The van der Waals surface area contributed by atoms with Crippen LogP contribution in [0.25, 0.3) is 0 Å². The molecule has 0 unspecified atom stereocenters. The zero-order valence-electron chi connectivity index (χ0n) is 14.6. The van der Waals surface area contributed by atoms with Crippen molar-refractivity contribution in [2.45, 2.75) is 69.7 Å². The summed E-state index contributed by atoms with van der Waals surface area (Å²) >= 11 is 0. The molecule has 2 aliphatic carbocycles. The van der Waals surface area contributed by atoms with Gasteiger partial charge >= 0.3 is 0 Å². The molecule has 3 aliphatic rings. The van der Waals surface area contributed by atoms with E-state index in [1.807, 2.05) is 7.11 Å². The number of benzene rings is 1. The molecule has 0 spiro atoms. The molecule has 0 aromatic heterocycles. The van der Waals surface area contributed by atoms with Crippen LogP contribution in [-0.2, 0) is 6.42 Å². The van der Waals surface area contributed by atoms with E-state index in [0.717, 1.165) is 23.6 Å². The van der Waals surface area contributed by atoms with Crippen molar-refractivity contribution in [1.29, 1.82) is 0 Å². The molecule has 0 radical (unpaired) electrons. The van der Waals surface area contributed by atoms with Crippen LogP contribution in [-0.4, -0.2) is 31.1 Å². The molecule has 0 bridgehead atoms. The van der Waals surface area contributed by atoms with Crippen molar-refractivity contribution < 1.29 is 4.74 Å². The number of likely N-dealkylation sites (tertiary alicyclic amines) is 1. The Kier molecular flexibility index (Phi) is 4.61. The standard InChI is InChI=1S/C21H31NO/c1-23-21-9-5-8-17-18-13-15-22(20(18)11-10-19(17)21)14-12-16-6-3-2-4-7-16/h5,8-9,16,18,20H,2-4,6-7,10-15H2,1H3/t18-,20+/m0/s1. The molecule has 1 aliphatic heterocycles. The van der Waals surface area contributed by atoms with E-state index < -0.39 is 0 Å². The SMILES string of the molecule is COc1cccc2c1CC[C@@H]1[C@H]2CCN1CCC1CCCCC1. The Morgan fingerprint density at radius 1 is 1.09 bits per heavy atom. The first-order valence-electron chi connectivity index (χ1n) is 9.76. The molecule has 2 fully saturated rings. The smallest absolute Gasteiger partial charge is 0.122 e. The molecular weight excluding hydrogens is 282 g/mol. The van der Waals surface area contributed by atoms with Gasteiger partial charge in [-0.2, -0.15) is 0 Å². The third-order valence-corrected chi connectivity index (χ3v) is 6.69. The summed E-state index contributed by atoms with van der Waals surface area (Å²) in [5, 5.41) is 0. The van der Waals surface area contributed by atoms with Crippen molar-refractivity contribution in [1.82, 2.24) is 4.90 Å². The molecule has 0 N–H and O–H groups in total. The summed E-state index contributed by atoms with van der Waals surface area (Å²) in [5.41, 5.74) is 3.08. The van der Waals surface area contributed by atoms with Crippen LogP contribution in [0.4, 0.5) is 0 Å². The topological polar surface area (TPSA) is 12.5 Å². The Morgan fingerprint density at radius 3 is 2.78 bits per heavy atom. The van der Waals surface area contributed by atoms with E-state index in [9.17, 15) is 0 Å². The predicted molar refractivity (Wildman–Crippen MR) is 95.2 cm³/mol. The number of ether oxygens (including phenoxy) is 1. The average Bonchev–Trinajstić information content (AvgIpc) is 3.04. The molecule has 0 amide bonds. The van der Waals surface area contributed by atoms with E-state index in [4.69, 9.17) is 4.74 Å². The summed E-state index contributed by atoms with van der Waals surface area (Å²) in [4.78, 5) is 2.82. The monoisotopic (exact) mass is 313 g/mol. The lowest BCUT2D eigenvalue weighted by molar-refractivity contribution is 0.199. The van der Waals surface area contributed by atoms with E-state index in [0.29, 0.717) is 0 Å². The van der Waals surface area contributed by atoms with Gasteiger partial charge in [0.25, 0.3) is 0 Å². The molecule has 1 heterocycles. The van der Waals surface area contributed by atoms with Crippen molar-refractivity contribution in [2.75, 3.05) is 20.2 Å². The van der Waals surface area contributed by atoms with E-state index in [-0.39, 0.29) is 0 Å². The molecule has 1 saturated heterocycles. The molecule has 126 valence electrons. The number of methoxy groups -OCH3 is 1. The Morgan fingerprint density at radius 2 is 1.96 bits per heavy atom. The lowest BCUT2D eigenvalue weighted by Gasteiger charge is -2.35. The third kappa shape index (κ3) is 3.03. The predicted octanol–water partition coefficient (Wildman–Crippen LogP) is 4.77. The van der Waals surface area contributed by atoms with Crippen molar-refractivity contribution in [3.05, 3.63) is 29.3 Å². The Balaban J connectivity index is 1.42. The fourth-order valence-corrected chi connectivity index (χ4v) is 5.45. The molecule has 2 heteroatoms. The van der Waals surface area contributed by atoms with Gasteiger partial charge in [0.15, 0.2) is 0 Å². The summed E-state index contributed by atoms with van der Waals surface area (Å²) in [6, 6.07) is 7.47. The maximum atomic E-state index is 5.60. The van der Waals surface area contributed by atoms with Crippen LogP contribution in [0, 0.1) is 5.92 Å². The average molecular weight is 313 g/mol. The molecule has 23 heavy (non-hydrogen) atoms. The minimum atomic E-state index is 0.750. The van der Waals surface area contributed by atoms with Gasteiger partial charge in [-0.3, -0.25) is 4.90 Å². The highest BCUT2D eigenvalue weighted by Gasteiger charge is 2.39. The summed E-state index contributed by atoms with van der Waals surface area (Å²) < 4.78 is 5.60. The summed E-state index contributed by atoms with van der Waals surface area (Å²) in [5.74, 6) is 2.88. The van der Waals surface area contributed by atoms with Gasteiger partial charge in [0, 0.05) is 12.0 Å². The molecule has 4 rings (SSSR count). The number of fused-ring (bicyclic) bond motifs is 3. The fraction of sp³-hybridized carbons (Fsp3) is 0.714. The van der Waals surface area contributed by atoms with Crippen molar-refractivity contribution in [2.24, 2.45) is 5.92 Å². The highest BCUT2D eigenvalue weighted by molar-refractivity contribution is 5.45. The summed E-state index contributed by atoms with van der Waals surface area (Å²) in [7, 11) is 1.81. The largest absolute Gasteiger partial charge is 0.496 e. The second-order valence-electron chi connectivity index (χ2n) is 7.86. The molecule has 1 aromatic rings. The van der Waals surface area contributed by atoms with Crippen LogP contribution in [0.1, 0.15) is 68.4 Å². The van der Waals surface area contributed by atoms with Crippen molar-refractivity contribution in [3.8, 4) is 5.75 Å². The zero-order valence-corrected chi connectivity index (χ0v) is 14.6. The Bertz CT molecular complexity index is 535. The van der Waals surface area contributed by atoms with Gasteiger partial charge in [-0.25, -0.2) is 0 Å². The lowest BCUT2D eigenvalue weighted by atomic mass is 9.79. The number of nitrogens with zero attached hydrogens (tertiary/aromatic N) is 1. The lowest BCUT2D eigenvalue weighted by Crippen LogP contribution is -2.36. The van der Waals surface area contributed by atoms with E-state index in [2.05, 4.69) is 23.1 Å². The Hall–Kier alpha value is -1.02. The van der Waals surface area contributed by atoms with Gasteiger partial charge in [0.1, 0.15) is 5.75 Å². The number of hydrogen-bond donors (Lipinski definition) is 0. The van der Waals surface area contributed by atoms with E-state index >= 15 is 0 Å². The molecule has 1 saturated carbocycles. The number of hydrogen-bond acceptors (Lipinski definition) is 2. The fourth-order valence-electron chi connectivity index (χ4n) is 5.45. The molecule has 2 nitrogen and oxygen atoms in total. The minimum absolute atomic E-state index is 0.750. The molecular formula is C21H31NO. The van der Waals surface area contributed by atoms with Crippen LogP contribution >= 0.6 is 0 Å². The normalized spacial score (nSPS) is 28.4. The Labute approximate surface area is 141 Å². The van der Waals surface area contributed by atoms with Crippen molar-refractivity contribution >= 4 is 0 Å². The van der Waals surface area contributed by atoms with E-state index in [1.54, 1.807) is 5.56 Å². The van der Waals surface area contributed by atoms with Gasteiger partial charge in [-0.15, -0.1) is 0 Å². The summed E-state index contributed by atoms with van der Waals surface area (Å²) in [6.07, 6.45) is 12.7. The van der Waals surface area contributed by atoms with Crippen LogP contribution in [0.15, 0.2) is 18.2 Å². The van der Waals surface area contributed by atoms with Gasteiger partial charge < -0.3 is 4.74 Å². The van der Waals surface area contributed by atoms with Gasteiger partial charge in [-0.05, 0) is 61.9 Å². The second-order valence-corrected chi connectivity index (χ2v) is 7.86. The minimum Gasteiger partial charge on any atom is -0.496 e. The van der Waals surface area contributed by atoms with Gasteiger partial charge in [0.2, 0.25) is 0 Å². The maximum Gasteiger partial charge on any atom is 0.122 e. The van der Waals surface area contributed by atoms with Crippen LogP contribution in [0.5, 0.6) is 5.75 Å². The first-order chi connectivity index (χ1) is 11.4. The van der Waals surface area contributed by atoms with Crippen molar-refractivity contribution in [3.63, 3.8) is 0 Å². The summed E-state index contributed by atoms with van der Waals surface area (Å²) in [6.45, 7) is 2.64. The molecule has 2 atom stereocenters. The van der Waals surface area contributed by atoms with Crippen LogP contribution < -0.4 is 4.74 Å². The first-order valence-corrected chi connectivity index (χ1v) is 9.76. The van der Waals surface area contributed by atoms with E-state index in [1.165, 1.54) is 76.4 Å². The highest BCUT2D eigenvalue weighted by Crippen LogP contribution is 2.44. The third-order valence-electron chi connectivity index (χ3n) is 6.69. The second kappa shape index (κ2) is 6.84. The van der Waals surface area contributed by atoms with Gasteiger partial charge in [0.05, 0.1) is 7.11 Å². The number of rotatable bonds is 4. The van der Waals surface area contributed by atoms with Crippen LogP contribution in [0.2, 0.25) is 0 Å². The first kappa shape index (κ1) is 15.5. The molecule has 1 aromatic carbocycles. The maximum absolute atomic E-state index is 5.60. The zero-order chi connectivity index (χ0) is 15.6. The quantitative estimate of drug-likeness (QED) is 0.794. The highest BCUT2D eigenvalue weighted by atomic mass is 16.5. The van der Waals surface area contributed by atoms with Gasteiger partial charge in [-0.1, -0.05) is 44.2 Å².